The molecular weight excluding hydrogens is 462 g/mol. The molecule has 0 unspecified atom stereocenters. The van der Waals surface area contributed by atoms with Crippen molar-refractivity contribution >= 4 is 17.2 Å². The van der Waals surface area contributed by atoms with Crippen LogP contribution < -0.4 is 25.4 Å². The van der Waals surface area contributed by atoms with E-state index < -0.39 is 0 Å². The van der Waals surface area contributed by atoms with E-state index in [0.29, 0.717) is 24.8 Å². The fraction of sp³-hybridized carbons (Fsp3) is 0.433. The molecule has 0 bridgehead atoms. The van der Waals surface area contributed by atoms with Crippen molar-refractivity contribution in [3.05, 3.63) is 71.9 Å². The molecule has 1 atom stereocenters. The highest BCUT2D eigenvalue weighted by Crippen LogP contribution is 2.32. The zero-order valence-electron chi connectivity index (χ0n) is 22.8. The fourth-order valence-electron chi connectivity index (χ4n) is 5.14. The normalized spacial score (nSPS) is 16.0. The summed E-state index contributed by atoms with van der Waals surface area (Å²) in [5.41, 5.74) is 10.8. The quantitative estimate of drug-likeness (QED) is 0.375. The molecule has 0 radical (unpaired) electrons. The van der Waals surface area contributed by atoms with Crippen molar-refractivity contribution in [3.63, 3.8) is 0 Å². The number of nitrogens with zero attached hydrogens (tertiary/aromatic N) is 3. The van der Waals surface area contributed by atoms with Gasteiger partial charge in [0.25, 0.3) is 0 Å². The van der Waals surface area contributed by atoms with E-state index in [1.54, 1.807) is 14.2 Å². The van der Waals surface area contributed by atoms with Gasteiger partial charge >= 0.3 is 0 Å². The molecule has 1 aliphatic heterocycles. The Morgan fingerprint density at radius 1 is 0.946 bits per heavy atom. The average Bonchev–Trinajstić information content (AvgIpc) is 3.38. The summed E-state index contributed by atoms with van der Waals surface area (Å²) in [6.45, 7) is 10.2. The number of methoxy groups -OCH3 is 2. The van der Waals surface area contributed by atoms with Gasteiger partial charge in [-0.05, 0) is 81.6 Å². The molecule has 0 amide bonds. The molecule has 0 saturated carbocycles. The maximum Gasteiger partial charge on any atom is 0.154 e. The lowest BCUT2D eigenvalue weighted by molar-refractivity contribution is 0.127. The number of hydrogen-bond donors (Lipinski definition) is 2. The summed E-state index contributed by atoms with van der Waals surface area (Å²) in [6, 6.07) is 18.7. The summed E-state index contributed by atoms with van der Waals surface area (Å²) in [6.07, 6.45) is 4.28. The van der Waals surface area contributed by atoms with E-state index in [1.807, 2.05) is 36.5 Å². The molecule has 0 aliphatic carbocycles. The van der Waals surface area contributed by atoms with Crippen LogP contribution in [0.1, 0.15) is 44.7 Å². The van der Waals surface area contributed by atoms with Gasteiger partial charge in [-0.1, -0.05) is 24.3 Å². The van der Waals surface area contributed by atoms with Crippen LogP contribution in [0.2, 0.25) is 0 Å². The van der Waals surface area contributed by atoms with Crippen LogP contribution in [0.4, 0.5) is 17.2 Å². The predicted octanol–water partition coefficient (Wildman–Crippen LogP) is 5.56. The van der Waals surface area contributed by atoms with Gasteiger partial charge in [-0.3, -0.25) is 4.90 Å². The summed E-state index contributed by atoms with van der Waals surface area (Å²) in [5.74, 6) is 2.45. The summed E-state index contributed by atoms with van der Waals surface area (Å²) in [4.78, 5) is 9.55. The highest BCUT2D eigenvalue weighted by molar-refractivity contribution is 5.78. The smallest absolute Gasteiger partial charge is 0.154 e. The number of benzene rings is 2. The van der Waals surface area contributed by atoms with Crippen molar-refractivity contribution in [1.82, 2.24) is 9.88 Å². The van der Waals surface area contributed by atoms with Gasteiger partial charge in [-0.2, -0.15) is 0 Å². The number of rotatable bonds is 10. The lowest BCUT2D eigenvalue weighted by Crippen LogP contribution is -2.47. The molecule has 1 fully saturated rings. The lowest BCUT2D eigenvalue weighted by atomic mass is 10.0. The maximum atomic E-state index is 6.77. The van der Waals surface area contributed by atoms with Gasteiger partial charge in [0.1, 0.15) is 11.5 Å². The predicted molar refractivity (Wildman–Crippen MR) is 152 cm³/mol. The van der Waals surface area contributed by atoms with E-state index >= 15 is 0 Å². The van der Waals surface area contributed by atoms with Gasteiger partial charge in [-0.15, -0.1) is 0 Å². The zero-order chi connectivity index (χ0) is 26.4. The molecule has 4 rings (SSSR count). The Balaban J connectivity index is 1.57. The summed E-state index contributed by atoms with van der Waals surface area (Å²) in [5, 5.41) is 3.64. The van der Waals surface area contributed by atoms with E-state index in [1.165, 1.54) is 12.8 Å². The Kier molecular flexibility index (Phi) is 8.44. The van der Waals surface area contributed by atoms with Crippen molar-refractivity contribution in [3.8, 4) is 11.5 Å². The fourth-order valence-corrected chi connectivity index (χ4v) is 5.14. The van der Waals surface area contributed by atoms with Crippen molar-refractivity contribution in [2.24, 2.45) is 0 Å². The second-order valence-corrected chi connectivity index (χ2v) is 10.7. The van der Waals surface area contributed by atoms with Crippen molar-refractivity contribution in [2.75, 3.05) is 43.3 Å². The van der Waals surface area contributed by atoms with Crippen LogP contribution in [-0.2, 0) is 13.1 Å². The second kappa shape index (κ2) is 11.7. The van der Waals surface area contributed by atoms with Crippen LogP contribution >= 0.6 is 0 Å². The number of pyridine rings is 1. The lowest BCUT2D eigenvalue weighted by Gasteiger charge is -2.37. The van der Waals surface area contributed by atoms with Crippen LogP contribution in [0, 0.1) is 0 Å². The van der Waals surface area contributed by atoms with Crippen molar-refractivity contribution in [2.45, 2.75) is 58.3 Å². The Hall–Kier alpha value is -3.45. The molecule has 7 heteroatoms. The molecule has 37 heavy (non-hydrogen) atoms. The number of ether oxygens (including phenoxy) is 2. The first-order valence-corrected chi connectivity index (χ1v) is 13.0. The average molecular weight is 504 g/mol. The topological polar surface area (TPSA) is 75.9 Å². The van der Waals surface area contributed by atoms with Crippen molar-refractivity contribution < 1.29 is 9.47 Å². The number of nitrogen functional groups attached to an aromatic ring is 1. The highest BCUT2D eigenvalue weighted by Gasteiger charge is 2.32. The second-order valence-electron chi connectivity index (χ2n) is 10.7. The third-order valence-corrected chi connectivity index (χ3v) is 7.10. The Morgan fingerprint density at radius 2 is 1.51 bits per heavy atom. The molecule has 0 spiro atoms. The van der Waals surface area contributed by atoms with E-state index in [-0.39, 0.29) is 5.54 Å². The van der Waals surface area contributed by atoms with Gasteiger partial charge in [0.15, 0.2) is 5.82 Å². The maximum absolute atomic E-state index is 6.77. The molecule has 7 nitrogen and oxygen atoms in total. The SMILES string of the molecule is COc1ccc(CN(Cc2ccc(OC)cc2)c2nccc(NC[C@@H]3CCCN3C(C)(C)C)c2N)cc1. The minimum absolute atomic E-state index is 0.158. The zero-order valence-corrected chi connectivity index (χ0v) is 22.8. The van der Waals surface area contributed by atoms with Crippen LogP contribution in [0.3, 0.4) is 0 Å². The monoisotopic (exact) mass is 503 g/mol. The molecule has 1 aromatic heterocycles. The third-order valence-electron chi connectivity index (χ3n) is 7.10. The third kappa shape index (κ3) is 6.66. The number of nitrogens with two attached hydrogens (primary N) is 1. The van der Waals surface area contributed by atoms with E-state index in [9.17, 15) is 0 Å². The van der Waals surface area contributed by atoms with Crippen molar-refractivity contribution in [1.29, 1.82) is 0 Å². The van der Waals surface area contributed by atoms with Crippen LogP contribution in [-0.4, -0.2) is 48.8 Å². The number of nitrogens with one attached hydrogen (secondary N) is 1. The Bertz CT molecular complexity index is 1090. The minimum Gasteiger partial charge on any atom is -0.497 e. The molecule has 2 heterocycles. The largest absolute Gasteiger partial charge is 0.497 e. The molecule has 2 aromatic carbocycles. The molecular formula is C30H41N5O2. The van der Waals surface area contributed by atoms with Gasteiger partial charge in [0, 0.05) is 37.4 Å². The molecule has 3 aromatic rings. The number of anilines is 3. The molecule has 1 aliphatic rings. The first-order chi connectivity index (χ1) is 17.8. The van der Waals surface area contributed by atoms with Gasteiger partial charge in [-0.25, -0.2) is 4.98 Å². The van der Waals surface area contributed by atoms with Crippen LogP contribution in [0.15, 0.2) is 60.8 Å². The standard InChI is InChI=1S/C30H41N5O2/c1-30(2,3)35-18-6-7-24(35)19-33-27-16-17-32-29(28(27)31)34(20-22-8-12-25(36-4)13-9-22)21-23-10-14-26(37-5)15-11-23/h8-17,24H,6-7,18-21,31H2,1-5H3,(H,32,33)/t24-/m0/s1. The summed E-state index contributed by atoms with van der Waals surface area (Å²) < 4.78 is 10.7. The van der Waals surface area contributed by atoms with E-state index in [0.717, 1.165) is 47.2 Å². The molecule has 3 N–H and O–H groups in total. The Morgan fingerprint density at radius 3 is 2.03 bits per heavy atom. The van der Waals surface area contributed by atoms with Crippen LogP contribution in [0.25, 0.3) is 0 Å². The van der Waals surface area contributed by atoms with Gasteiger partial charge in [0.05, 0.1) is 25.6 Å². The Labute approximate surface area is 221 Å². The molecule has 198 valence electrons. The molecule has 1 saturated heterocycles. The van der Waals surface area contributed by atoms with E-state index in [2.05, 4.69) is 60.2 Å². The number of likely N-dealkylation sites (tertiary alicyclic amines) is 1. The van der Waals surface area contributed by atoms with E-state index in [4.69, 9.17) is 20.2 Å². The highest BCUT2D eigenvalue weighted by atomic mass is 16.5. The first-order valence-electron chi connectivity index (χ1n) is 13.0. The van der Waals surface area contributed by atoms with Gasteiger partial charge < -0.3 is 25.4 Å². The first kappa shape index (κ1) is 26.6. The van der Waals surface area contributed by atoms with Crippen LogP contribution in [0.5, 0.6) is 11.5 Å². The minimum atomic E-state index is 0.158. The number of aromatic nitrogens is 1. The summed E-state index contributed by atoms with van der Waals surface area (Å²) in [7, 11) is 3.36. The number of hydrogen-bond acceptors (Lipinski definition) is 7. The summed E-state index contributed by atoms with van der Waals surface area (Å²) >= 11 is 0. The van der Waals surface area contributed by atoms with Gasteiger partial charge in [0.2, 0.25) is 0 Å².